The molecule has 1 aromatic carbocycles. The zero-order valence-corrected chi connectivity index (χ0v) is 12.3. The van der Waals surface area contributed by atoms with Crippen molar-refractivity contribution in [3.8, 4) is 11.5 Å². The highest BCUT2D eigenvalue weighted by atomic mass is 19.1. The average Bonchev–Trinajstić information content (AvgIpc) is 2.53. The first-order valence-corrected chi connectivity index (χ1v) is 6.29. The van der Waals surface area contributed by atoms with Gasteiger partial charge in [-0.25, -0.2) is 13.8 Å². The molecular formula is C15H14F2N2O3. The van der Waals surface area contributed by atoms with Crippen LogP contribution < -0.4 is 14.4 Å². The average molecular weight is 308 g/mol. The summed E-state index contributed by atoms with van der Waals surface area (Å²) in [6.07, 6.45) is 1.34. The van der Waals surface area contributed by atoms with Gasteiger partial charge < -0.3 is 9.47 Å². The number of pyridine rings is 1. The van der Waals surface area contributed by atoms with E-state index in [0.717, 1.165) is 17.0 Å². The van der Waals surface area contributed by atoms with Gasteiger partial charge in [-0.2, -0.15) is 0 Å². The number of hydrogen-bond donors (Lipinski definition) is 0. The molecule has 0 fully saturated rings. The van der Waals surface area contributed by atoms with Crippen LogP contribution in [-0.2, 0) is 0 Å². The molecule has 1 amide bonds. The molecule has 2 rings (SSSR count). The molecule has 0 radical (unpaired) electrons. The van der Waals surface area contributed by atoms with Crippen LogP contribution in [0.25, 0.3) is 0 Å². The molecule has 1 aromatic heterocycles. The van der Waals surface area contributed by atoms with Crippen LogP contribution in [0.3, 0.4) is 0 Å². The molecule has 0 N–H and O–H groups in total. The van der Waals surface area contributed by atoms with Crippen LogP contribution in [0.15, 0.2) is 30.5 Å². The lowest BCUT2D eigenvalue weighted by Gasteiger charge is -2.18. The first-order chi connectivity index (χ1) is 10.5. The molecule has 22 heavy (non-hydrogen) atoms. The Morgan fingerprint density at radius 2 is 1.77 bits per heavy atom. The highest BCUT2D eigenvalue weighted by Crippen LogP contribution is 2.30. The summed E-state index contributed by atoms with van der Waals surface area (Å²) in [4.78, 5) is 17.1. The second kappa shape index (κ2) is 6.38. The molecule has 0 saturated heterocycles. The number of benzene rings is 1. The third-order valence-corrected chi connectivity index (χ3v) is 3.07. The number of anilines is 1. The zero-order valence-electron chi connectivity index (χ0n) is 12.3. The summed E-state index contributed by atoms with van der Waals surface area (Å²) in [5.74, 6) is -2.08. The lowest BCUT2D eigenvalue weighted by Crippen LogP contribution is -2.28. The van der Waals surface area contributed by atoms with Crippen molar-refractivity contribution in [3.63, 3.8) is 0 Å². The van der Waals surface area contributed by atoms with Crippen LogP contribution in [0.1, 0.15) is 10.4 Å². The van der Waals surface area contributed by atoms with Gasteiger partial charge in [0.15, 0.2) is 23.1 Å². The molecule has 0 saturated carbocycles. The molecule has 0 aliphatic rings. The van der Waals surface area contributed by atoms with Crippen LogP contribution in [-0.4, -0.2) is 32.2 Å². The number of rotatable bonds is 4. The van der Waals surface area contributed by atoms with Gasteiger partial charge in [0.1, 0.15) is 5.82 Å². The van der Waals surface area contributed by atoms with E-state index in [0.29, 0.717) is 0 Å². The van der Waals surface area contributed by atoms with E-state index in [4.69, 9.17) is 9.47 Å². The van der Waals surface area contributed by atoms with Crippen LogP contribution in [0, 0.1) is 11.6 Å². The number of carbonyl (C=O) groups excluding carboxylic acids is 1. The highest BCUT2D eigenvalue weighted by Gasteiger charge is 2.23. The van der Waals surface area contributed by atoms with E-state index in [-0.39, 0.29) is 22.9 Å². The van der Waals surface area contributed by atoms with Crippen molar-refractivity contribution in [3.05, 3.63) is 47.7 Å². The summed E-state index contributed by atoms with van der Waals surface area (Å²) < 4.78 is 37.8. The van der Waals surface area contributed by atoms with Gasteiger partial charge in [-0.1, -0.05) is 0 Å². The van der Waals surface area contributed by atoms with E-state index in [1.807, 2.05) is 0 Å². The summed E-state index contributed by atoms with van der Waals surface area (Å²) >= 11 is 0. The molecule has 5 nitrogen and oxygen atoms in total. The lowest BCUT2D eigenvalue weighted by molar-refractivity contribution is 0.0987. The zero-order chi connectivity index (χ0) is 16.3. The topological polar surface area (TPSA) is 51.7 Å². The Balaban J connectivity index is 2.43. The van der Waals surface area contributed by atoms with Crippen molar-refractivity contribution < 1.29 is 23.0 Å². The van der Waals surface area contributed by atoms with Crippen LogP contribution in [0.4, 0.5) is 14.6 Å². The van der Waals surface area contributed by atoms with Gasteiger partial charge in [0.05, 0.1) is 19.8 Å². The number of carbonyl (C=O) groups is 1. The minimum absolute atomic E-state index is 0.156. The number of aromatic nitrogens is 1. The van der Waals surface area contributed by atoms with E-state index in [2.05, 4.69) is 4.98 Å². The molecule has 0 aliphatic heterocycles. The number of hydrogen-bond acceptors (Lipinski definition) is 4. The van der Waals surface area contributed by atoms with Crippen LogP contribution in [0.2, 0.25) is 0 Å². The molecule has 0 aliphatic carbocycles. The SMILES string of the molecule is COc1cc(F)c(C(=O)N(C)c2ncccc2F)cc1OC. The van der Waals surface area contributed by atoms with Gasteiger partial charge in [-0.05, 0) is 18.2 Å². The van der Waals surface area contributed by atoms with E-state index in [9.17, 15) is 13.6 Å². The fraction of sp³-hybridized carbons (Fsp3) is 0.200. The lowest BCUT2D eigenvalue weighted by atomic mass is 10.1. The fourth-order valence-corrected chi connectivity index (χ4v) is 1.92. The summed E-state index contributed by atoms with van der Waals surface area (Å²) in [7, 11) is 4.03. The van der Waals surface area contributed by atoms with Crippen molar-refractivity contribution in [1.29, 1.82) is 0 Å². The summed E-state index contributed by atoms with van der Waals surface area (Å²) in [5, 5.41) is 0. The van der Waals surface area contributed by atoms with Gasteiger partial charge in [-0.15, -0.1) is 0 Å². The Morgan fingerprint density at radius 3 is 2.36 bits per heavy atom. The Kier molecular flexibility index (Phi) is 4.55. The van der Waals surface area contributed by atoms with Crippen LogP contribution >= 0.6 is 0 Å². The predicted octanol–water partition coefficient (Wildman–Crippen LogP) is 2.65. The van der Waals surface area contributed by atoms with E-state index in [1.165, 1.54) is 39.6 Å². The molecular weight excluding hydrogens is 294 g/mol. The Morgan fingerprint density at radius 1 is 1.14 bits per heavy atom. The highest BCUT2D eigenvalue weighted by molar-refractivity contribution is 6.05. The normalized spacial score (nSPS) is 10.2. The number of nitrogens with zero attached hydrogens (tertiary/aromatic N) is 2. The molecule has 0 bridgehead atoms. The summed E-state index contributed by atoms with van der Waals surface area (Å²) in [5.41, 5.74) is -0.273. The van der Waals surface area contributed by atoms with E-state index < -0.39 is 17.5 Å². The molecule has 0 unspecified atom stereocenters. The largest absolute Gasteiger partial charge is 0.493 e. The second-order valence-electron chi connectivity index (χ2n) is 4.36. The molecule has 116 valence electrons. The van der Waals surface area contributed by atoms with Crippen molar-refractivity contribution in [2.45, 2.75) is 0 Å². The first kappa shape index (κ1) is 15.7. The van der Waals surface area contributed by atoms with Crippen molar-refractivity contribution in [2.75, 3.05) is 26.2 Å². The first-order valence-electron chi connectivity index (χ1n) is 6.29. The number of halogens is 2. The fourth-order valence-electron chi connectivity index (χ4n) is 1.92. The predicted molar refractivity (Wildman–Crippen MR) is 76.4 cm³/mol. The second-order valence-corrected chi connectivity index (χ2v) is 4.36. The van der Waals surface area contributed by atoms with Crippen molar-refractivity contribution >= 4 is 11.7 Å². The van der Waals surface area contributed by atoms with Gasteiger partial charge >= 0.3 is 0 Å². The van der Waals surface area contributed by atoms with E-state index in [1.54, 1.807) is 0 Å². The smallest absolute Gasteiger partial charge is 0.262 e. The molecule has 2 aromatic rings. The van der Waals surface area contributed by atoms with Crippen molar-refractivity contribution in [2.24, 2.45) is 0 Å². The van der Waals surface area contributed by atoms with Gasteiger partial charge in [0.2, 0.25) is 0 Å². The standard InChI is InChI=1S/C15H14F2N2O3/c1-19(14-10(16)5-4-6-18-14)15(20)9-7-12(21-2)13(22-3)8-11(9)17/h4-8H,1-3H3. The molecule has 0 atom stereocenters. The van der Waals surface area contributed by atoms with Gasteiger partial charge in [-0.3, -0.25) is 9.69 Å². The number of methoxy groups -OCH3 is 2. The number of ether oxygens (including phenoxy) is 2. The molecule has 0 spiro atoms. The Bertz CT molecular complexity index is 707. The minimum atomic E-state index is -0.800. The minimum Gasteiger partial charge on any atom is -0.493 e. The monoisotopic (exact) mass is 308 g/mol. The summed E-state index contributed by atoms with van der Waals surface area (Å²) in [6.45, 7) is 0. The van der Waals surface area contributed by atoms with E-state index >= 15 is 0 Å². The van der Waals surface area contributed by atoms with Crippen LogP contribution in [0.5, 0.6) is 11.5 Å². The third kappa shape index (κ3) is 2.83. The molecule has 1 heterocycles. The number of amides is 1. The third-order valence-electron chi connectivity index (χ3n) is 3.07. The Hall–Kier alpha value is -2.70. The summed E-state index contributed by atoms with van der Waals surface area (Å²) in [6, 6.07) is 4.80. The van der Waals surface area contributed by atoms with Gasteiger partial charge in [0.25, 0.3) is 5.91 Å². The molecule has 7 heteroatoms. The maximum absolute atomic E-state index is 14.1. The van der Waals surface area contributed by atoms with Crippen molar-refractivity contribution in [1.82, 2.24) is 4.98 Å². The maximum Gasteiger partial charge on any atom is 0.262 e. The Labute approximate surface area is 126 Å². The van der Waals surface area contributed by atoms with Gasteiger partial charge in [0, 0.05) is 19.3 Å². The maximum atomic E-state index is 14.1. The quantitative estimate of drug-likeness (QED) is 0.871.